The molecular formula is C25H25N5O8S. The molecule has 0 bridgehead atoms. The first kappa shape index (κ1) is 28.7. The Balaban J connectivity index is 1.85. The molecule has 0 aliphatic heterocycles. The number of benzene rings is 3. The van der Waals surface area contributed by atoms with Crippen molar-refractivity contribution in [1.82, 2.24) is 4.72 Å². The number of amides is 2. The summed E-state index contributed by atoms with van der Waals surface area (Å²) in [5.41, 5.74) is -1.24. The lowest BCUT2D eigenvalue weighted by Crippen LogP contribution is -2.31. The van der Waals surface area contributed by atoms with Gasteiger partial charge in [-0.25, -0.2) is 13.1 Å². The maximum Gasteiger partial charge on any atom is 0.293 e. The molecule has 0 unspecified atom stereocenters. The molecule has 0 aliphatic carbocycles. The van der Waals surface area contributed by atoms with Crippen molar-refractivity contribution in [3.05, 3.63) is 92.5 Å². The second-order valence-corrected chi connectivity index (χ2v) is 9.98. The first-order valence-corrected chi connectivity index (χ1v) is 13.3. The Hall–Kier alpha value is -4.85. The zero-order chi connectivity index (χ0) is 28.6. The van der Waals surface area contributed by atoms with Gasteiger partial charge in [0.05, 0.1) is 15.5 Å². The molecule has 0 aliphatic rings. The van der Waals surface area contributed by atoms with Gasteiger partial charge >= 0.3 is 0 Å². The van der Waals surface area contributed by atoms with E-state index in [0.29, 0.717) is 6.42 Å². The van der Waals surface area contributed by atoms with Gasteiger partial charge in [0.1, 0.15) is 16.3 Å². The number of nitro benzene ring substituents is 2. The van der Waals surface area contributed by atoms with Crippen molar-refractivity contribution in [1.29, 1.82) is 0 Å². The lowest BCUT2D eigenvalue weighted by atomic mass is 10.1. The second kappa shape index (κ2) is 12.6. The van der Waals surface area contributed by atoms with Crippen molar-refractivity contribution in [2.45, 2.75) is 37.5 Å². The molecule has 3 aromatic rings. The Morgan fingerprint density at radius 2 is 1.44 bits per heavy atom. The summed E-state index contributed by atoms with van der Waals surface area (Å²) < 4.78 is 27.6. The zero-order valence-corrected chi connectivity index (χ0v) is 21.6. The van der Waals surface area contributed by atoms with E-state index in [1.165, 1.54) is 60.7 Å². The maximum absolute atomic E-state index is 13.0. The fourth-order valence-corrected chi connectivity index (χ4v) is 4.78. The number of carbonyl (C=O) groups excluding carboxylic acids is 2. The van der Waals surface area contributed by atoms with Gasteiger partial charge < -0.3 is 10.6 Å². The molecule has 3 N–H and O–H groups in total. The summed E-state index contributed by atoms with van der Waals surface area (Å²) in [6.45, 7) is 1.95. The number of unbranched alkanes of at least 4 members (excludes halogenated alkanes) is 2. The van der Waals surface area contributed by atoms with Gasteiger partial charge in [-0.05, 0) is 36.8 Å². The van der Waals surface area contributed by atoms with Crippen molar-refractivity contribution in [3.63, 3.8) is 0 Å². The van der Waals surface area contributed by atoms with Crippen LogP contribution in [0.15, 0.2) is 71.6 Å². The van der Waals surface area contributed by atoms with Crippen LogP contribution in [0.25, 0.3) is 0 Å². The lowest BCUT2D eigenvalue weighted by molar-refractivity contribution is -0.384. The highest BCUT2D eigenvalue weighted by molar-refractivity contribution is 7.90. The van der Waals surface area contributed by atoms with Gasteiger partial charge in [-0.2, -0.15) is 0 Å². The number of nitrogens with one attached hydrogen (secondary N) is 3. The van der Waals surface area contributed by atoms with E-state index in [-0.39, 0.29) is 39.6 Å². The normalized spacial score (nSPS) is 10.9. The van der Waals surface area contributed by atoms with Crippen molar-refractivity contribution < 1.29 is 27.9 Å². The molecule has 204 valence electrons. The highest BCUT2D eigenvalue weighted by Gasteiger charge is 2.24. The molecule has 0 radical (unpaired) electrons. The average molecular weight is 556 g/mol. The topological polar surface area (TPSA) is 191 Å². The fraction of sp³-hybridized carbons (Fsp3) is 0.200. The van der Waals surface area contributed by atoms with Crippen LogP contribution in [-0.2, 0) is 14.8 Å². The summed E-state index contributed by atoms with van der Waals surface area (Å²) in [5.74, 6) is -1.53. The highest BCUT2D eigenvalue weighted by atomic mass is 32.2. The van der Waals surface area contributed by atoms with Crippen LogP contribution in [0.4, 0.5) is 28.4 Å². The molecule has 0 spiro atoms. The van der Waals surface area contributed by atoms with E-state index in [9.17, 15) is 38.2 Å². The zero-order valence-electron chi connectivity index (χ0n) is 20.7. The van der Waals surface area contributed by atoms with Crippen molar-refractivity contribution >= 4 is 50.3 Å². The third-order valence-corrected chi connectivity index (χ3v) is 6.94. The number of nitrogens with zero attached hydrogens (tertiary/aromatic N) is 2. The molecule has 3 rings (SSSR count). The van der Waals surface area contributed by atoms with Gasteiger partial charge in [-0.15, -0.1) is 0 Å². The molecule has 14 heteroatoms. The minimum absolute atomic E-state index is 0.0127. The van der Waals surface area contributed by atoms with E-state index >= 15 is 0 Å². The Kier molecular flexibility index (Phi) is 9.28. The first-order valence-electron chi connectivity index (χ1n) is 11.8. The van der Waals surface area contributed by atoms with Gasteiger partial charge in [0, 0.05) is 24.1 Å². The first-order chi connectivity index (χ1) is 18.5. The Morgan fingerprint density at radius 1 is 0.821 bits per heavy atom. The quantitative estimate of drug-likeness (QED) is 0.159. The molecule has 0 saturated heterocycles. The third-order valence-electron chi connectivity index (χ3n) is 5.51. The van der Waals surface area contributed by atoms with Gasteiger partial charge in [0.2, 0.25) is 5.91 Å². The number of para-hydroxylation sites is 3. The monoisotopic (exact) mass is 555 g/mol. The number of nitro groups is 2. The standard InChI is InChI=1S/C25H25N5O8S/c1-2-3-4-13-24(31)28-39(37,38)23-12-8-6-10-20(23)27-25(32)17-14-15-19(22(16-17)30(35)36)26-18-9-5-7-11-21(18)29(33)34/h5-12,14-16,26H,2-4,13H2,1H3,(H,27,32)(H,28,31). The van der Waals surface area contributed by atoms with Crippen LogP contribution in [0.1, 0.15) is 43.0 Å². The third kappa shape index (κ3) is 7.35. The number of rotatable bonds is 12. The number of anilines is 3. The van der Waals surface area contributed by atoms with Gasteiger partial charge in [0.15, 0.2) is 0 Å². The van der Waals surface area contributed by atoms with E-state index in [4.69, 9.17) is 0 Å². The van der Waals surface area contributed by atoms with E-state index in [0.717, 1.165) is 18.9 Å². The van der Waals surface area contributed by atoms with E-state index in [2.05, 4.69) is 10.6 Å². The molecule has 0 heterocycles. The molecular weight excluding hydrogens is 530 g/mol. The summed E-state index contributed by atoms with van der Waals surface area (Å²) in [6, 6.07) is 14.4. The van der Waals surface area contributed by atoms with Crippen LogP contribution in [0.2, 0.25) is 0 Å². The average Bonchev–Trinajstić information content (AvgIpc) is 2.89. The molecule has 0 atom stereocenters. The van der Waals surface area contributed by atoms with Crippen LogP contribution < -0.4 is 15.4 Å². The van der Waals surface area contributed by atoms with E-state index in [1.54, 1.807) is 0 Å². The predicted molar refractivity (Wildman–Crippen MR) is 143 cm³/mol. The summed E-state index contributed by atoms with van der Waals surface area (Å²) in [4.78, 5) is 46.3. The van der Waals surface area contributed by atoms with Crippen LogP contribution in [-0.4, -0.2) is 30.1 Å². The van der Waals surface area contributed by atoms with Gasteiger partial charge in [-0.1, -0.05) is 44.0 Å². The minimum atomic E-state index is -4.32. The molecule has 0 saturated carbocycles. The van der Waals surface area contributed by atoms with Crippen molar-refractivity contribution in [2.75, 3.05) is 10.6 Å². The van der Waals surface area contributed by atoms with Crippen LogP contribution in [0.5, 0.6) is 0 Å². The molecule has 39 heavy (non-hydrogen) atoms. The molecule has 0 fully saturated rings. The molecule has 2 amide bonds. The second-order valence-electron chi connectivity index (χ2n) is 8.32. The Labute approximate surface area is 223 Å². The number of carbonyl (C=O) groups is 2. The van der Waals surface area contributed by atoms with Crippen LogP contribution in [0, 0.1) is 20.2 Å². The van der Waals surface area contributed by atoms with Crippen molar-refractivity contribution in [3.8, 4) is 0 Å². The number of hydrogen-bond acceptors (Lipinski definition) is 9. The lowest BCUT2D eigenvalue weighted by Gasteiger charge is -2.13. The van der Waals surface area contributed by atoms with Crippen molar-refractivity contribution in [2.24, 2.45) is 0 Å². The van der Waals surface area contributed by atoms with Gasteiger partial charge in [-0.3, -0.25) is 29.8 Å². The summed E-state index contributed by atoms with van der Waals surface area (Å²) in [6.07, 6.45) is 2.17. The number of hydrogen-bond donors (Lipinski definition) is 3. The summed E-state index contributed by atoms with van der Waals surface area (Å²) >= 11 is 0. The number of sulfonamides is 1. The van der Waals surface area contributed by atoms with E-state index < -0.39 is 37.4 Å². The minimum Gasteiger partial charge on any atom is -0.344 e. The maximum atomic E-state index is 13.0. The SMILES string of the molecule is CCCCCC(=O)NS(=O)(=O)c1ccccc1NC(=O)c1ccc(Nc2ccccc2[N+](=O)[O-])c([N+](=O)[O-])c1. The van der Waals surface area contributed by atoms with Crippen LogP contribution in [0.3, 0.4) is 0 Å². The molecule has 13 nitrogen and oxygen atoms in total. The summed E-state index contributed by atoms with van der Waals surface area (Å²) in [7, 11) is -4.32. The summed E-state index contributed by atoms with van der Waals surface area (Å²) in [5, 5.41) is 28.1. The Morgan fingerprint density at radius 3 is 2.10 bits per heavy atom. The fourth-order valence-electron chi connectivity index (χ4n) is 3.60. The molecule has 3 aromatic carbocycles. The molecule has 0 aromatic heterocycles. The van der Waals surface area contributed by atoms with Gasteiger partial charge in [0.25, 0.3) is 27.3 Å². The largest absolute Gasteiger partial charge is 0.344 e. The predicted octanol–water partition coefficient (Wildman–Crippen LogP) is 4.88. The highest BCUT2D eigenvalue weighted by Crippen LogP contribution is 2.33. The smallest absolute Gasteiger partial charge is 0.293 e. The van der Waals surface area contributed by atoms with E-state index in [1.807, 2.05) is 11.6 Å². The van der Waals surface area contributed by atoms with Crippen LogP contribution >= 0.6 is 0 Å². The Bertz CT molecular complexity index is 1520.